The summed E-state index contributed by atoms with van der Waals surface area (Å²) in [5, 5.41) is 10.1. The average Bonchev–Trinajstić information content (AvgIpc) is 1.94. The van der Waals surface area contributed by atoms with Gasteiger partial charge < -0.3 is 4.98 Å². The molecule has 5 nitrogen and oxygen atoms in total. The number of nitro groups is 1. The SMILES string of the molecule is [B]c1c[nH]c(=O)c([N+](=O)[O-])c1. The number of hydrogen-bond acceptors (Lipinski definition) is 3. The predicted molar refractivity (Wildman–Crippen MR) is 39.1 cm³/mol. The summed E-state index contributed by atoms with van der Waals surface area (Å²) in [6.45, 7) is 0. The lowest BCUT2D eigenvalue weighted by atomic mass is 9.99. The lowest BCUT2D eigenvalue weighted by Gasteiger charge is -1.90. The standard InChI is InChI=1S/C5H3BN2O3/c6-3-1-4(8(10)11)5(9)7-2-3/h1-2H,(H,7,9). The second kappa shape index (κ2) is 2.57. The third-order valence-corrected chi connectivity index (χ3v) is 1.10. The Bertz CT molecular complexity index is 346. The monoisotopic (exact) mass is 150 g/mol. The van der Waals surface area contributed by atoms with E-state index in [1.807, 2.05) is 0 Å². The summed E-state index contributed by atoms with van der Waals surface area (Å²) in [6, 6.07) is 1.01. The van der Waals surface area contributed by atoms with Crippen LogP contribution in [0.5, 0.6) is 0 Å². The molecule has 0 aliphatic heterocycles. The Morgan fingerprint density at radius 1 is 1.64 bits per heavy atom. The zero-order valence-corrected chi connectivity index (χ0v) is 5.40. The van der Waals surface area contributed by atoms with E-state index in [1.165, 1.54) is 6.20 Å². The second-order valence-corrected chi connectivity index (χ2v) is 1.90. The fourth-order valence-corrected chi connectivity index (χ4v) is 0.624. The molecular formula is C5H3BN2O3. The lowest BCUT2D eigenvalue weighted by Crippen LogP contribution is -2.17. The number of nitrogens with zero attached hydrogens (tertiary/aromatic N) is 1. The third-order valence-electron chi connectivity index (χ3n) is 1.10. The van der Waals surface area contributed by atoms with Gasteiger partial charge in [0.1, 0.15) is 7.85 Å². The fraction of sp³-hybridized carbons (Fsp3) is 0. The molecule has 1 N–H and O–H groups in total. The van der Waals surface area contributed by atoms with Gasteiger partial charge in [0.15, 0.2) is 0 Å². The molecule has 2 radical (unpaired) electrons. The maximum atomic E-state index is 10.7. The Hall–Kier alpha value is -1.59. The Morgan fingerprint density at radius 3 is 2.73 bits per heavy atom. The van der Waals surface area contributed by atoms with Crippen LogP contribution in [-0.4, -0.2) is 17.8 Å². The van der Waals surface area contributed by atoms with Crippen LogP contribution in [0.4, 0.5) is 5.69 Å². The second-order valence-electron chi connectivity index (χ2n) is 1.90. The number of nitrogens with one attached hydrogen (secondary N) is 1. The van der Waals surface area contributed by atoms with Crippen LogP contribution in [0.2, 0.25) is 0 Å². The first-order valence-electron chi connectivity index (χ1n) is 2.74. The summed E-state index contributed by atoms with van der Waals surface area (Å²) < 4.78 is 0. The quantitative estimate of drug-likeness (QED) is 0.319. The van der Waals surface area contributed by atoms with E-state index in [9.17, 15) is 14.9 Å². The summed E-state index contributed by atoms with van der Waals surface area (Å²) in [6.07, 6.45) is 1.20. The van der Waals surface area contributed by atoms with Crippen molar-refractivity contribution in [3.05, 3.63) is 32.7 Å². The lowest BCUT2D eigenvalue weighted by molar-refractivity contribution is -0.386. The highest BCUT2D eigenvalue weighted by molar-refractivity contribution is 6.32. The number of aromatic nitrogens is 1. The van der Waals surface area contributed by atoms with Crippen LogP contribution in [0.15, 0.2) is 17.1 Å². The van der Waals surface area contributed by atoms with Gasteiger partial charge in [-0.05, 0) is 6.20 Å². The first-order chi connectivity index (χ1) is 5.11. The van der Waals surface area contributed by atoms with E-state index in [1.54, 1.807) is 0 Å². The highest BCUT2D eigenvalue weighted by Gasteiger charge is 2.09. The summed E-state index contributed by atoms with van der Waals surface area (Å²) in [5.41, 5.74) is -1.12. The van der Waals surface area contributed by atoms with Gasteiger partial charge in [-0.3, -0.25) is 14.9 Å². The fourth-order valence-electron chi connectivity index (χ4n) is 0.624. The highest BCUT2D eigenvalue weighted by atomic mass is 16.6. The van der Waals surface area contributed by atoms with Gasteiger partial charge >= 0.3 is 11.2 Å². The van der Waals surface area contributed by atoms with Gasteiger partial charge in [0.25, 0.3) is 0 Å². The van der Waals surface area contributed by atoms with E-state index in [0.717, 1.165) is 6.07 Å². The smallest absolute Gasteiger partial charge is 0.324 e. The largest absolute Gasteiger partial charge is 0.333 e. The number of hydrogen-bond donors (Lipinski definition) is 1. The van der Waals surface area contributed by atoms with E-state index >= 15 is 0 Å². The molecule has 0 spiro atoms. The summed E-state index contributed by atoms with van der Waals surface area (Å²) in [5.74, 6) is 0. The first kappa shape index (κ1) is 7.52. The van der Waals surface area contributed by atoms with Crippen molar-refractivity contribution < 1.29 is 4.92 Å². The molecule has 0 amide bonds. The Morgan fingerprint density at radius 2 is 2.27 bits per heavy atom. The van der Waals surface area contributed by atoms with Crippen molar-refractivity contribution in [3.8, 4) is 0 Å². The molecule has 0 saturated carbocycles. The highest BCUT2D eigenvalue weighted by Crippen LogP contribution is 1.96. The third kappa shape index (κ3) is 1.46. The van der Waals surface area contributed by atoms with Crippen LogP contribution in [0.25, 0.3) is 0 Å². The summed E-state index contributed by atoms with van der Waals surface area (Å²) in [7, 11) is 5.19. The van der Waals surface area contributed by atoms with E-state index in [4.69, 9.17) is 7.85 Å². The molecule has 0 fully saturated rings. The first-order valence-corrected chi connectivity index (χ1v) is 2.74. The summed E-state index contributed by atoms with van der Waals surface area (Å²) in [4.78, 5) is 22.1. The van der Waals surface area contributed by atoms with Crippen LogP contribution >= 0.6 is 0 Å². The molecule has 0 aliphatic carbocycles. The molecule has 1 rings (SSSR count). The van der Waals surface area contributed by atoms with Crippen LogP contribution in [0.1, 0.15) is 0 Å². The number of rotatable bonds is 1. The molecule has 0 aliphatic rings. The van der Waals surface area contributed by atoms with Gasteiger partial charge in [-0.2, -0.15) is 0 Å². The van der Waals surface area contributed by atoms with Crippen LogP contribution in [0, 0.1) is 10.1 Å². The van der Waals surface area contributed by atoms with Crippen LogP contribution < -0.4 is 11.0 Å². The van der Waals surface area contributed by atoms with Crippen molar-refractivity contribution in [3.63, 3.8) is 0 Å². The number of aromatic amines is 1. The van der Waals surface area contributed by atoms with Gasteiger partial charge in [-0.1, -0.05) is 5.46 Å². The molecule has 0 bridgehead atoms. The molecule has 1 aromatic heterocycles. The molecule has 0 aromatic carbocycles. The minimum atomic E-state index is -0.783. The minimum Gasteiger partial charge on any atom is -0.324 e. The number of pyridine rings is 1. The molecule has 54 valence electrons. The minimum absolute atomic E-state index is 0.163. The van der Waals surface area contributed by atoms with Crippen molar-refractivity contribution in [2.45, 2.75) is 0 Å². The zero-order valence-electron chi connectivity index (χ0n) is 5.40. The van der Waals surface area contributed by atoms with E-state index in [2.05, 4.69) is 4.98 Å². The molecule has 0 saturated heterocycles. The van der Waals surface area contributed by atoms with E-state index < -0.39 is 16.2 Å². The Balaban J connectivity index is 3.35. The Labute approximate surface area is 62.6 Å². The average molecular weight is 150 g/mol. The molecule has 1 heterocycles. The normalized spacial score (nSPS) is 9.45. The molecule has 6 heteroatoms. The maximum Gasteiger partial charge on any atom is 0.333 e. The van der Waals surface area contributed by atoms with Gasteiger partial charge in [0, 0.05) is 6.07 Å². The van der Waals surface area contributed by atoms with Crippen molar-refractivity contribution in [1.29, 1.82) is 0 Å². The van der Waals surface area contributed by atoms with Crippen molar-refractivity contribution >= 4 is 19.0 Å². The van der Waals surface area contributed by atoms with Gasteiger partial charge in [0.2, 0.25) is 0 Å². The van der Waals surface area contributed by atoms with Gasteiger partial charge in [-0.15, -0.1) is 0 Å². The topological polar surface area (TPSA) is 76.0 Å². The molecule has 0 unspecified atom stereocenters. The Kier molecular flexibility index (Phi) is 1.76. The molecule has 11 heavy (non-hydrogen) atoms. The van der Waals surface area contributed by atoms with Crippen molar-refractivity contribution in [2.24, 2.45) is 0 Å². The molecule has 0 atom stereocenters. The molecule has 1 aromatic rings. The van der Waals surface area contributed by atoms with Gasteiger partial charge in [-0.25, -0.2) is 0 Å². The van der Waals surface area contributed by atoms with E-state index in [-0.39, 0.29) is 5.46 Å². The maximum absolute atomic E-state index is 10.7. The predicted octanol–water partition coefficient (Wildman–Crippen LogP) is -0.923. The van der Waals surface area contributed by atoms with Crippen molar-refractivity contribution in [1.82, 2.24) is 4.98 Å². The van der Waals surface area contributed by atoms with Crippen LogP contribution in [-0.2, 0) is 0 Å². The van der Waals surface area contributed by atoms with Gasteiger partial charge in [0.05, 0.1) is 4.92 Å². The van der Waals surface area contributed by atoms with E-state index in [0.29, 0.717) is 0 Å². The van der Waals surface area contributed by atoms with Crippen LogP contribution in [0.3, 0.4) is 0 Å². The van der Waals surface area contributed by atoms with Crippen molar-refractivity contribution in [2.75, 3.05) is 0 Å². The molecular weight excluding hydrogens is 147 g/mol. The summed E-state index contributed by atoms with van der Waals surface area (Å²) >= 11 is 0. The zero-order chi connectivity index (χ0) is 8.43. The number of H-pyrrole nitrogens is 1.